The first-order valence-corrected chi connectivity index (χ1v) is 8.39. The van der Waals surface area contributed by atoms with Crippen molar-refractivity contribution in [2.75, 3.05) is 21.1 Å². The highest BCUT2D eigenvalue weighted by Gasteiger charge is 2.09. The van der Waals surface area contributed by atoms with Gasteiger partial charge in [0.05, 0.1) is 0 Å². The van der Waals surface area contributed by atoms with Gasteiger partial charge in [0.15, 0.2) is 5.96 Å². The summed E-state index contributed by atoms with van der Waals surface area (Å²) in [6.07, 6.45) is 0. The van der Waals surface area contributed by atoms with Gasteiger partial charge in [-0.05, 0) is 29.3 Å². The highest BCUT2D eigenvalue weighted by Crippen LogP contribution is 2.16. The summed E-state index contributed by atoms with van der Waals surface area (Å²) >= 11 is 6.23. The van der Waals surface area contributed by atoms with Crippen LogP contribution < -0.4 is 10.6 Å². The molecule has 5 nitrogen and oxygen atoms in total. The normalized spacial score (nSPS) is 10.7. The molecule has 0 fully saturated rings. The quantitative estimate of drug-likeness (QED) is 0.386. The van der Waals surface area contributed by atoms with Crippen molar-refractivity contribution in [3.63, 3.8) is 0 Å². The van der Waals surface area contributed by atoms with E-state index in [2.05, 4.69) is 15.6 Å². The molecule has 0 aromatic heterocycles. The molecule has 140 valence electrons. The highest BCUT2D eigenvalue weighted by molar-refractivity contribution is 14.0. The van der Waals surface area contributed by atoms with Crippen LogP contribution in [0.1, 0.15) is 21.5 Å². The van der Waals surface area contributed by atoms with E-state index in [0.717, 1.165) is 22.1 Å². The molecular formula is C19H24ClIN4O. The van der Waals surface area contributed by atoms with Gasteiger partial charge in [-0.25, -0.2) is 0 Å². The monoisotopic (exact) mass is 486 g/mol. The van der Waals surface area contributed by atoms with Gasteiger partial charge in [-0.2, -0.15) is 0 Å². The molecule has 0 spiro atoms. The summed E-state index contributed by atoms with van der Waals surface area (Å²) in [5.74, 6) is 0.660. The minimum absolute atomic E-state index is 0. The van der Waals surface area contributed by atoms with Gasteiger partial charge in [0.25, 0.3) is 5.91 Å². The van der Waals surface area contributed by atoms with Crippen LogP contribution in [0.5, 0.6) is 0 Å². The minimum atomic E-state index is -0.0953. The molecule has 0 bridgehead atoms. The first-order chi connectivity index (χ1) is 12.0. The molecule has 26 heavy (non-hydrogen) atoms. The van der Waals surface area contributed by atoms with E-state index < -0.39 is 0 Å². The third-order valence-electron chi connectivity index (χ3n) is 3.81. The van der Waals surface area contributed by atoms with Gasteiger partial charge >= 0.3 is 0 Å². The fraction of sp³-hybridized carbons (Fsp3) is 0.263. The van der Waals surface area contributed by atoms with Crippen molar-refractivity contribution >= 4 is 47.4 Å². The molecule has 2 rings (SSSR count). The number of carbonyl (C=O) groups is 1. The van der Waals surface area contributed by atoms with Gasteiger partial charge in [0.1, 0.15) is 0 Å². The highest BCUT2D eigenvalue weighted by atomic mass is 127. The largest absolute Gasteiger partial charge is 0.355 e. The number of hydrogen-bond acceptors (Lipinski definition) is 2. The summed E-state index contributed by atoms with van der Waals surface area (Å²) < 4.78 is 0. The van der Waals surface area contributed by atoms with Crippen LogP contribution in [0.4, 0.5) is 0 Å². The molecule has 7 heteroatoms. The summed E-state index contributed by atoms with van der Waals surface area (Å²) in [6.45, 7) is 1.22. The van der Waals surface area contributed by atoms with Crippen LogP contribution in [0.3, 0.4) is 0 Å². The number of rotatable bonds is 5. The van der Waals surface area contributed by atoms with E-state index in [-0.39, 0.29) is 29.9 Å². The molecule has 0 heterocycles. The van der Waals surface area contributed by atoms with Gasteiger partial charge in [0.2, 0.25) is 0 Å². The number of aliphatic imine (C=N–C) groups is 1. The van der Waals surface area contributed by atoms with Crippen LogP contribution in [0.2, 0.25) is 5.02 Å². The van der Waals surface area contributed by atoms with Crippen molar-refractivity contribution in [1.29, 1.82) is 0 Å². The van der Waals surface area contributed by atoms with E-state index >= 15 is 0 Å². The lowest BCUT2D eigenvalue weighted by Crippen LogP contribution is -2.38. The number of nitrogens with one attached hydrogen (secondary N) is 2. The number of guanidine groups is 1. The maximum Gasteiger partial charge on any atom is 0.251 e. The van der Waals surface area contributed by atoms with Crippen LogP contribution in [0.25, 0.3) is 0 Å². The van der Waals surface area contributed by atoms with Crippen molar-refractivity contribution in [2.24, 2.45) is 4.99 Å². The zero-order valence-corrected chi connectivity index (χ0v) is 18.2. The number of halogens is 2. The molecule has 1 amide bonds. The van der Waals surface area contributed by atoms with Crippen molar-refractivity contribution in [3.8, 4) is 0 Å². The molecule has 2 aromatic carbocycles. The molecular weight excluding hydrogens is 463 g/mol. The zero-order valence-electron chi connectivity index (χ0n) is 15.1. The lowest BCUT2D eigenvalue weighted by Gasteiger charge is -2.22. The Morgan fingerprint density at radius 2 is 1.92 bits per heavy atom. The lowest BCUT2D eigenvalue weighted by molar-refractivity contribution is 0.0963. The predicted octanol–water partition coefficient (Wildman–Crippen LogP) is 3.53. The molecule has 0 unspecified atom stereocenters. The average molecular weight is 487 g/mol. The average Bonchev–Trinajstić information content (AvgIpc) is 2.63. The smallest absolute Gasteiger partial charge is 0.251 e. The summed E-state index contributed by atoms with van der Waals surface area (Å²) in [6, 6.07) is 15.3. The molecule has 0 aliphatic rings. The van der Waals surface area contributed by atoms with Crippen molar-refractivity contribution in [2.45, 2.75) is 13.1 Å². The van der Waals surface area contributed by atoms with E-state index in [1.54, 1.807) is 20.2 Å². The molecule has 0 saturated carbocycles. The topological polar surface area (TPSA) is 56.7 Å². The van der Waals surface area contributed by atoms with E-state index in [4.69, 9.17) is 11.6 Å². The second-order valence-corrected chi connectivity index (χ2v) is 6.03. The molecule has 0 aliphatic heterocycles. The van der Waals surface area contributed by atoms with Crippen LogP contribution >= 0.6 is 35.6 Å². The second kappa shape index (κ2) is 11.0. The van der Waals surface area contributed by atoms with Crippen molar-refractivity contribution in [3.05, 3.63) is 70.2 Å². The number of benzene rings is 2. The Bertz CT molecular complexity index is 767. The fourth-order valence-electron chi connectivity index (χ4n) is 2.49. The Balaban J connectivity index is 0.00000338. The maximum atomic E-state index is 11.7. The Labute approximate surface area is 176 Å². The summed E-state index contributed by atoms with van der Waals surface area (Å²) in [7, 11) is 5.32. The van der Waals surface area contributed by atoms with Gasteiger partial charge < -0.3 is 15.5 Å². The SMILES string of the molecule is CN=C(NCc1cccc(C(=O)NC)c1)N(C)Cc1ccccc1Cl.I. The molecule has 2 N–H and O–H groups in total. The van der Waals surface area contributed by atoms with Gasteiger partial charge in [0, 0.05) is 44.8 Å². The standard InChI is InChI=1S/C19H23ClN4O.HI/c1-21-18(25)15-9-6-7-14(11-15)12-23-19(22-2)24(3)13-16-8-4-5-10-17(16)20;/h4-11H,12-13H2,1-3H3,(H,21,25)(H,22,23);1H. The van der Waals surface area contributed by atoms with E-state index in [0.29, 0.717) is 18.7 Å². The Morgan fingerprint density at radius 1 is 1.19 bits per heavy atom. The first-order valence-electron chi connectivity index (χ1n) is 8.01. The number of amides is 1. The molecule has 0 radical (unpaired) electrons. The molecule has 2 aromatic rings. The molecule has 0 atom stereocenters. The van der Waals surface area contributed by atoms with E-state index in [1.165, 1.54) is 0 Å². The van der Waals surface area contributed by atoms with Crippen molar-refractivity contribution in [1.82, 2.24) is 15.5 Å². The van der Waals surface area contributed by atoms with Crippen molar-refractivity contribution < 1.29 is 4.79 Å². The minimum Gasteiger partial charge on any atom is -0.355 e. The summed E-state index contributed by atoms with van der Waals surface area (Å²) in [5.41, 5.74) is 2.69. The summed E-state index contributed by atoms with van der Waals surface area (Å²) in [4.78, 5) is 18.0. The van der Waals surface area contributed by atoms with Crippen LogP contribution in [0, 0.1) is 0 Å². The molecule has 0 aliphatic carbocycles. The van der Waals surface area contributed by atoms with E-state index in [1.807, 2.05) is 54.4 Å². The van der Waals surface area contributed by atoms with Crippen LogP contribution in [-0.2, 0) is 13.1 Å². The Kier molecular flexibility index (Phi) is 9.43. The Morgan fingerprint density at radius 3 is 2.58 bits per heavy atom. The predicted molar refractivity (Wildman–Crippen MR) is 118 cm³/mol. The number of hydrogen-bond donors (Lipinski definition) is 2. The molecule has 0 saturated heterocycles. The van der Waals surface area contributed by atoms with Crippen LogP contribution in [0.15, 0.2) is 53.5 Å². The zero-order chi connectivity index (χ0) is 18.2. The second-order valence-electron chi connectivity index (χ2n) is 5.63. The van der Waals surface area contributed by atoms with Gasteiger partial charge in [-0.1, -0.05) is 41.9 Å². The number of nitrogens with zero attached hydrogens (tertiary/aromatic N) is 2. The van der Waals surface area contributed by atoms with Crippen LogP contribution in [-0.4, -0.2) is 37.9 Å². The number of carbonyl (C=O) groups excluding carboxylic acids is 1. The van der Waals surface area contributed by atoms with Gasteiger partial charge in [-0.15, -0.1) is 24.0 Å². The lowest BCUT2D eigenvalue weighted by atomic mass is 10.1. The maximum absolute atomic E-state index is 11.7. The fourth-order valence-corrected chi connectivity index (χ4v) is 2.69. The third kappa shape index (κ3) is 6.17. The Hall–Kier alpha value is -1.80. The van der Waals surface area contributed by atoms with Gasteiger partial charge in [-0.3, -0.25) is 9.79 Å². The summed E-state index contributed by atoms with van der Waals surface area (Å²) in [5, 5.41) is 6.68. The van der Waals surface area contributed by atoms with E-state index in [9.17, 15) is 4.79 Å². The first kappa shape index (κ1) is 22.2. The third-order valence-corrected chi connectivity index (χ3v) is 4.17.